The van der Waals surface area contributed by atoms with Crippen molar-refractivity contribution in [3.05, 3.63) is 58.1 Å². The Kier molecular flexibility index (Phi) is 5.91. The first kappa shape index (κ1) is 19.5. The number of rotatable bonds is 5. The minimum Gasteiger partial charge on any atom is -0.345 e. The zero-order chi connectivity index (χ0) is 18.8. The molecule has 1 aromatic carbocycles. The van der Waals surface area contributed by atoms with Crippen LogP contribution in [0.3, 0.4) is 0 Å². The van der Waals surface area contributed by atoms with Gasteiger partial charge in [-0.05, 0) is 46.6 Å². The molecule has 2 aromatic rings. The van der Waals surface area contributed by atoms with E-state index in [1.807, 2.05) is 0 Å². The van der Waals surface area contributed by atoms with Gasteiger partial charge in [-0.15, -0.1) is 0 Å². The topological polar surface area (TPSA) is 79.4 Å². The second kappa shape index (κ2) is 7.59. The summed E-state index contributed by atoms with van der Waals surface area (Å²) >= 11 is 3.10. The smallest absolute Gasteiger partial charge is 0.254 e. The summed E-state index contributed by atoms with van der Waals surface area (Å²) < 4.78 is 39.3. The first-order chi connectivity index (χ1) is 11.6. The first-order valence-electron chi connectivity index (χ1n) is 7.27. The van der Waals surface area contributed by atoms with E-state index in [-0.39, 0.29) is 10.5 Å². The van der Waals surface area contributed by atoms with Crippen molar-refractivity contribution < 1.29 is 17.6 Å². The van der Waals surface area contributed by atoms with Gasteiger partial charge in [0, 0.05) is 14.1 Å². The van der Waals surface area contributed by atoms with Gasteiger partial charge in [-0.3, -0.25) is 4.79 Å². The van der Waals surface area contributed by atoms with E-state index in [4.69, 9.17) is 0 Å². The molecule has 0 aliphatic heterocycles. The van der Waals surface area contributed by atoms with Crippen molar-refractivity contribution in [1.29, 1.82) is 0 Å². The third-order valence-corrected chi connectivity index (χ3v) is 5.84. The quantitative estimate of drug-likeness (QED) is 0.740. The number of carbonyl (C=O) groups is 1. The van der Waals surface area contributed by atoms with Crippen molar-refractivity contribution in [3.63, 3.8) is 0 Å². The molecule has 6 nitrogen and oxygen atoms in total. The van der Waals surface area contributed by atoms with Gasteiger partial charge in [-0.1, -0.05) is 12.1 Å². The Labute approximate surface area is 154 Å². The van der Waals surface area contributed by atoms with E-state index < -0.39 is 27.8 Å². The summed E-state index contributed by atoms with van der Waals surface area (Å²) in [5.41, 5.74) is 0.570. The van der Waals surface area contributed by atoms with Crippen molar-refractivity contribution in [2.24, 2.45) is 0 Å². The van der Waals surface area contributed by atoms with E-state index in [0.29, 0.717) is 10.2 Å². The molecule has 0 bridgehead atoms. The number of aromatic nitrogens is 1. The van der Waals surface area contributed by atoms with Crippen LogP contribution in [0.2, 0.25) is 0 Å². The summed E-state index contributed by atoms with van der Waals surface area (Å²) in [6.07, 6.45) is 0.963. The minimum absolute atomic E-state index is 0.125. The predicted molar refractivity (Wildman–Crippen MR) is 95.1 cm³/mol. The van der Waals surface area contributed by atoms with E-state index in [1.165, 1.54) is 32.3 Å². The van der Waals surface area contributed by atoms with E-state index in [0.717, 1.165) is 10.5 Å². The van der Waals surface area contributed by atoms with Crippen LogP contribution in [0.15, 0.2) is 46.0 Å². The monoisotopic (exact) mass is 429 g/mol. The second-order valence-corrected chi connectivity index (χ2v) is 8.50. The highest BCUT2D eigenvalue weighted by Gasteiger charge is 2.19. The van der Waals surface area contributed by atoms with Crippen LogP contribution in [0.25, 0.3) is 0 Å². The predicted octanol–water partition coefficient (Wildman–Crippen LogP) is 2.72. The van der Waals surface area contributed by atoms with Crippen LogP contribution in [-0.2, 0) is 10.0 Å². The number of hydrogen-bond donors (Lipinski definition) is 1. The molecule has 25 heavy (non-hydrogen) atoms. The fraction of sp³-hybridized carbons (Fsp3) is 0.250. The van der Waals surface area contributed by atoms with Crippen LogP contribution in [0, 0.1) is 5.82 Å². The average molecular weight is 430 g/mol. The molecule has 0 fully saturated rings. The molecule has 0 unspecified atom stereocenters. The van der Waals surface area contributed by atoms with Gasteiger partial charge in [0.1, 0.15) is 4.60 Å². The molecule has 2 rings (SSSR count). The highest BCUT2D eigenvalue weighted by atomic mass is 79.9. The summed E-state index contributed by atoms with van der Waals surface area (Å²) in [7, 11) is -0.608. The normalized spacial score (nSPS) is 12.9. The lowest BCUT2D eigenvalue weighted by Crippen LogP contribution is -2.27. The fourth-order valence-electron chi connectivity index (χ4n) is 2.08. The largest absolute Gasteiger partial charge is 0.345 e. The summed E-state index contributed by atoms with van der Waals surface area (Å²) in [5, 5.41) is 2.67. The molecular weight excluding hydrogens is 413 g/mol. The van der Waals surface area contributed by atoms with Crippen LogP contribution < -0.4 is 5.32 Å². The van der Waals surface area contributed by atoms with Crippen molar-refractivity contribution >= 4 is 31.9 Å². The molecular formula is C16H17BrFN3O3S. The zero-order valence-corrected chi connectivity index (χ0v) is 16.2. The van der Waals surface area contributed by atoms with Gasteiger partial charge in [0.25, 0.3) is 5.91 Å². The Morgan fingerprint density at radius 1 is 1.28 bits per heavy atom. The summed E-state index contributed by atoms with van der Waals surface area (Å²) in [5.74, 6) is -1.31. The maximum atomic E-state index is 13.7. The van der Waals surface area contributed by atoms with Crippen LogP contribution in [-0.4, -0.2) is 37.7 Å². The highest BCUT2D eigenvalue weighted by molar-refractivity contribution is 9.10. The van der Waals surface area contributed by atoms with Gasteiger partial charge >= 0.3 is 0 Å². The van der Waals surface area contributed by atoms with Gasteiger partial charge in [-0.2, -0.15) is 0 Å². The first-order valence-corrected chi connectivity index (χ1v) is 9.50. The Morgan fingerprint density at radius 2 is 1.88 bits per heavy atom. The molecule has 0 aliphatic rings. The number of pyridine rings is 1. The fourth-order valence-corrected chi connectivity index (χ4v) is 3.32. The number of nitrogens with one attached hydrogen (secondary N) is 1. The average Bonchev–Trinajstić information content (AvgIpc) is 2.56. The third kappa shape index (κ3) is 4.42. The molecule has 0 aliphatic carbocycles. The van der Waals surface area contributed by atoms with E-state index in [9.17, 15) is 17.6 Å². The number of amides is 1. The lowest BCUT2D eigenvalue weighted by Gasteiger charge is -2.16. The van der Waals surface area contributed by atoms with Crippen molar-refractivity contribution in [2.75, 3.05) is 14.1 Å². The van der Waals surface area contributed by atoms with E-state index in [1.54, 1.807) is 19.1 Å². The standard InChI is InChI=1S/C16H17BrFN3O3S/c1-10(20-16(22)13-8-15(17)19-9-14(13)18)11-4-6-12(7-5-11)25(23,24)21(2)3/h4-10H,1-3H3,(H,20,22)/t10-/m1/s1. The van der Waals surface area contributed by atoms with E-state index >= 15 is 0 Å². The summed E-state index contributed by atoms with van der Waals surface area (Å²) in [6, 6.07) is 7.02. The maximum Gasteiger partial charge on any atom is 0.254 e. The van der Waals surface area contributed by atoms with Gasteiger partial charge in [-0.25, -0.2) is 22.1 Å². The minimum atomic E-state index is -3.51. The number of sulfonamides is 1. The number of benzene rings is 1. The number of hydrogen-bond acceptors (Lipinski definition) is 4. The van der Waals surface area contributed by atoms with E-state index in [2.05, 4.69) is 26.2 Å². The van der Waals surface area contributed by atoms with Gasteiger partial charge < -0.3 is 5.32 Å². The highest BCUT2D eigenvalue weighted by Crippen LogP contribution is 2.19. The Balaban J connectivity index is 2.17. The van der Waals surface area contributed by atoms with Crippen LogP contribution in [0.1, 0.15) is 28.9 Å². The SMILES string of the molecule is C[C@@H](NC(=O)c1cc(Br)ncc1F)c1ccc(S(=O)(=O)N(C)C)cc1. The molecule has 0 spiro atoms. The number of halogens is 2. The van der Waals surface area contributed by atoms with Crippen molar-refractivity contribution in [1.82, 2.24) is 14.6 Å². The Morgan fingerprint density at radius 3 is 2.44 bits per heavy atom. The second-order valence-electron chi connectivity index (χ2n) is 5.54. The molecule has 0 radical (unpaired) electrons. The Hall–Kier alpha value is -1.84. The molecule has 1 atom stereocenters. The van der Waals surface area contributed by atoms with Crippen molar-refractivity contribution in [3.8, 4) is 0 Å². The molecule has 1 amide bonds. The Bertz CT molecular complexity index is 886. The lowest BCUT2D eigenvalue weighted by atomic mass is 10.1. The number of carbonyl (C=O) groups excluding carboxylic acids is 1. The third-order valence-electron chi connectivity index (χ3n) is 3.57. The van der Waals surface area contributed by atoms with Crippen LogP contribution in [0.5, 0.6) is 0 Å². The summed E-state index contributed by atoms with van der Waals surface area (Å²) in [4.78, 5) is 16.1. The van der Waals surface area contributed by atoms with Gasteiger partial charge in [0.05, 0.1) is 22.7 Å². The van der Waals surface area contributed by atoms with Crippen LogP contribution >= 0.6 is 15.9 Å². The lowest BCUT2D eigenvalue weighted by molar-refractivity contribution is 0.0935. The van der Waals surface area contributed by atoms with Gasteiger partial charge in [0.2, 0.25) is 10.0 Å². The molecule has 0 saturated heterocycles. The molecule has 1 N–H and O–H groups in total. The molecule has 1 heterocycles. The van der Waals surface area contributed by atoms with Gasteiger partial charge in [0.15, 0.2) is 5.82 Å². The molecule has 0 saturated carbocycles. The molecule has 134 valence electrons. The maximum absolute atomic E-state index is 13.7. The molecule has 1 aromatic heterocycles. The van der Waals surface area contributed by atoms with Crippen molar-refractivity contribution in [2.45, 2.75) is 17.9 Å². The number of nitrogens with zero attached hydrogens (tertiary/aromatic N) is 2. The summed E-state index contributed by atoms with van der Waals surface area (Å²) in [6.45, 7) is 1.72. The van der Waals surface area contributed by atoms with Crippen LogP contribution in [0.4, 0.5) is 4.39 Å². The zero-order valence-electron chi connectivity index (χ0n) is 13.8. The molecule has 9 heteroatoms.